The van der Waals surface area contributed by atoms with Gasteiger partial charge < -0.3 is 10.4 Å². The highest BCUT2D eigenvalue weighted by atomic mass is 16.3. The number of nitrogens with one attached hydrogen (secondary N) is 3. The number of anilines is 1. The van der Waals surface area contributed by atoms with E-state index in [1.807, 2.05) is 54.6 Å². The standard InChI is InChI=1S/C21H20N4O2/c26-19-7-3-5-15-9-11-16(23-20(15)19)10-8-14-4-1-2-6-17(14)24-21(27)18-12-13-22-25-18/h1-11,18,22,25-26H,12-13H2,(H,24,27)/b10-8+. The summed E-state index contributed by atoms with van der Waals surface area (Å²) in [7, 11) is 0. The zero-order valence-corrected chi connectivity index (χ0v) is 14.6. The van der Waals surface area contributed by atoms with Crippen molar-refractivity contribution in [3.05, 3.63) is 65.9 Å². The molecule has 1 atom stereocenters. The molecule has 136 valence electrons. The van der Waals surface area contributed by atoms with Gasteiger partial charge in [-0.2, -0.15) is 0 Å². The lowest BCUT2D eigenvalue weighted by atomic mass is 10.1. The van der Waals surface area contributed by atoms with Crippen molar-refractivity contribution in [2.45, 2.75) is 12.5 Å². The average Bonchev–Trinajstić information content (AvgIpc) is 3.23. The third-order valence-corrected chi connectivity index (χ3v) is 4.52. The Balaban J connectivity index is 1.57. The molecule has 0 radical (unpaired) electrons. The molecular weight excluding hydrogens is 340 g/mol. The van der Waals surface area contributed by atoms with Gasteiger partial charge in [-0.1, -0.05) is 42.5 Å². The smallest absolute Gasteiger partial charge is 0.242 e. The number of carbonyl (C=O) groups is 1. The molecule has 1 aromatic heterocycles. The van der Waals surface area contributed by atoms with E-state index in [1.165, 1.54) is 0 Å². The second kappa shape index (κ2) is 7.57. The van der Waals surface area contributed by atoms with Gasteiger partial charge in [-0.25, -0.2) is 10.4 Å². The summed E-state index contributed by atoms with van der Waals surface area (Å²) >= 11 is 0. The van der Waals surface area contributed by atoms with Gasteiger partial charge in [0.1, 0.15) is 17.3 Å². The van der Waals surface area contributed by atoms with Crippen LogP contribution in [0.1, 0.15) is 17.7 Å². The van der Waals surface area contributed by atoms with Crippen LogP contribution in [0.2, 0.25) is 0 Å². The average molecular weight is 360 g/mol. The van der Waals surface area contributed by atoms with Crippen LogP contribution >= 0.6 is 0 Å². The number of aromatic nitrogens is 1. The summed E-state index contributed by atoms with van der Waals surface area (Å²) in [5, 5.41) is 13.8. The van der Waals surface area contributed by atoms with Gasteiger partial charge in [0.15, 0.2) is 0 Å². The first-order valence-electron chi connectivity index (χ1n) is 8.86. The van der Waals surface area contributed by atoms with Gasteiger partial charge in [0, 0.05) is 17.6 Å². The number of nitrogens with zero attached hydrogens (tertiary/aromatic N) is 1. The number of hydrogen-bond donors (Lipinski definition) is 4. The molecule has 1 aliphatic rings. The number of carbonyl (C=O) groups excluding carboxylic acids is 1. The molecule has 1 amide bonds. The van der Waals surface area contributed by atoms with Crippen LogP contribution < -0.4 is 16.2 Å². The van der Waals surface area contributed by atoms with Crippen LogP contribution in [0, 0.1) is 0 Å². The van der Waals surface area contributed by atoms with Crippen molar-refractivity contribution in [3.63, 3.8) is 0 Å². The fourth-order valence-corrected chi connectivity index (χ4v) is 3.07. The van der Waals surface area contributed by atoms with Gasteiger partial charge in [-0.15, -0.1) is 0 Å². The molecule has 2 aromatic carbocycles. The lowest BCUT2D eigenvalue weighted by Crippen LogP contribution is -2.39. The molecule has 1 saturated heterocycles. The van der Waals surface area contributed by atoms with Crippen molar-refractivity contribution in [2.24, 2.45) is 0 Å². The van der Waals surface area contributed by atoms with Crippen molar-refractivity contribution >= 4 is 34.6 Å². The Morgan fingerprint density at radius 2 is 2.00 bits per heavy atom. The summed E-state index contributed by atoms with van der Waals surface area (Å²) < 4.78 is 0. The zero-order chi connectivity index (χ0) is 18.6. The molecule has 0 bridgehead atoms. The van der Waals surface area contributed by atoms with Crippen LogP contribution in [-0.4, -0.2) is 28.6 Å². The van der Waals surface area contributed by atoms with Crippen molar-refractivity contribution in [3.8, 4) is 5.75 Å². The summed E-state index contributed by atoms with van der Waals surface area (Å²) in [5.74, 6) is 0.0997. The summed E-state index contributed by atoms with van der Waals surface area (Å²) in [6.07, 6.45) is 4.53. The van der Waals surface area contributed by atoms with Crippen LogP contribution in [0.5, 0.6) is 5.75 Å². The maximum Gasteiger partial charge on any atom is 0.242 e. The normalized spacial score (nSPS) is 16.8. The van der Waals surface area contributed by atoms with Gasteiger partial charge in [-0.3, -0.25) is 10.2 Å². The zero-order valence-electron chi connectivity index (χ0n) is 14.6. The second-order valence-corrected chi connectivity index (χ2v) is 6.41. The summed E-state index contributed by atoms with van der Waals surface area (Å²) in [6, 6.07) is 16.5. The molecule has 4 N–H and O–H groups in total. The van der Waals surface area contributed by atoms with E-state index >= 15 is 0 Å². The van der Waals surface area contributed by atoms with Crippen LogP contribution in [0.3, 0.4) is 0 Å². The van der Waals surface area contributed by atoms with Crippen LogP contribution in [0.4, 0.5) is 5.69 Å². The minimum Gasteiger partial charge on any atom is -0.506 e. The van der Waals surface area contributed by atoms with E-state index in [0.717, 1.165) is 35.3 Å². The number of rotatable bonds is 4. The van der Waals surface area contributed by atoms with E-state index < -0.39 is 0 Å². The quantitative estimate of drug-likeness (QED) is 0.575. The molecule has 1 aliphatic heterocycles. The predicted molar refractivity (Wildman–Crippen MR) is 107 cm³/mol. The summed E-state index contributed by atoms with van der Waals surface area (Å²) in [6.45, 7) is 0.778. The van der Waals surface area contributed by atoms with Crippen LogP contribution in [0.25, 0.3) is 23.1 Å². The second-order valence-electron chi connectivity index (χ2n) is 6.41. The molecule has 6 nitrogen and oxygen atoms in total. The Labute approximate surface area is 156 Å². The maximum absolute atomic E-state index is 12.3. The van der Waals surface area contributed by atoms with Crippen molar-refractivity contribution in [1.82, 2.24) is 15.8 Å². The predicted octanol–water partition coefficient (Wildman–Crippen LogP) is 2.92. The van der Waals surface area contributed by atoms with Crippen molar-refractivity contribution < 1.29 is 9.90 Å². The largest absolute Gasteiger partial charge is 0.506 e. The first-order chi connectivity index (χ1) is 13.2. The number of phenolic OH excluding ortho intramolecular Hbond substituents is 1. The Kier molecular flexibility index (Phi) is 4.82. The topological polar surface area (TPSA) is 86.3 Å². The monoisotopic (exact) mass is 360 g/mol. The first kappa shape index (κ1) is 17.2. The fraction of sp³-hybridized carbons (Fsp3) is 0.143. The van der Waals surface area contributed by atoms with Gasteiger partial charge in [0.2, 0.25) is 5.91 Å². The molecule has 0 aliphatic carbocycles. The van der Waals surface area contributed by atoms with Crippen LogP contribution in [0.15, 0.2) is 54.6 Å². The van der Waals surface area contributed by atoms with Crippen molar-refractivity contribution in [2.75, 3.05) is 11.9 Å². The van der Waals surface area contributed by atoms with E-state index in [2.05, 4.69) is 21.2 Å². The first-order valence-corrected chi connectivity index (χ1v) is 8.86. The molecule has 1 unspecified atom stereocenters. The highest BCUT2D eigenvalue weighted by molar-refractivity contribution is 5.97. The molecule has 6 heteroatoms. The molecule has 3 aromatic rings. The highest BCUT2D eigenvalue weighted by Gasteiger charge is 2.22. The Morgan fingerprint density at radius 3 is 2.85 bits per heavy atom. The third kappa shape index (κ3) is 3.81. The van der Waals surface area contributed by atoms with Gasteiger partial charge in [0.05, 0.1) is 5.69 Å². The van der Waals surface area contributed by atoms with Gasteiger partial charge >= 0.3 is 0 Å². The lowest BCUT2D eigenvalue weighted by Gasteiger charge is -2.12. The molecule has 1 fully saturated rings. The van der Waals surface area contributed by atoms with Gasteiger partial charge in [-0.05, 0) is 36.3 Å². The minimum atomic E-state index is -0.229. The molecule has 4 rings (SSSR count). The van der Waals surface area contributed by atoms with E-state index in [9.17, 15) is 9.90 Å². The molecular formula is C21H20N4O2. The molecule has 0 saturated carbocycles. The van der Waals surface area contributed by atoms with Crippen molar-refractivity contribution in [1.29, 1.82) is 0 Å². The number of fused-ring (bicyclic) bond motifs is 1. The number of aromatic hydroxyl groups is 1. The minimum absolute atomic E-state index is 0.0606. The highest BCUT2D eigenvalue weighted by Crippen LogP contribution is 2.24. The van der Waals surface area contributed by atoms with E-state index in [-0.39, 0.29) is 17.7 Å². The number of amides is 1. The van der Waals surface area contributed by atoms with E-state index in [0.29, 0.717) is 5.52 Å². The number of hydrogen-bond acceptors (Lipinski definition) is 5. The third-order valence-electron chi connectivity index (χ3n) is 4.52. The lowest BCUT2D eigenvalue weighted by molar-refractivity contribution is -0.117. The fourth-order valence-electron chi connectivity index (χ4n) is 3.07. The summed E-state index contributed by atoms with van der Waals surface area (Å²) in [4.78, 5) is 16.8. The number of hydrazine groups is 1. The maximum atomic E-state index is 12.3. The molecule has 0 spiro atoms. The molecule has 2 heterocycles. The number of para-hydroxylation sites is 2. The Hall–Kier alpha value is -3.22. The van der Waals surface area contributed by atoms with E-state index in [1.54, 1.807) is 12.1 Å². The SMILES string of the molecule is O=C(Nc1ccccc1/C=C/c1ccc2cccc(O)c2n1)C1CCNN1. The van der Waals surface area contributed by atoms with E-state index in [4.69, 9.17) is 0 Å². The number of benzene rings is 2. The van der Waals surface area contributed by atoms with Crippen LogP contribution in [-0.2, 0) is 4.79 Å². The Morgan fingerprint density at radius 1 is 1.11 bits per heavy atom. The molecule has 27 heavy (non-hydrogen) atoms. The number of pyridine rings is 1. The Bertz CT molecular complexity index is 1010. The van der Waals surface area contributed by atoms with Gasteiger partial charge in [0.25, 0.3) is 0 Å². The number of phenols is 1. The summed E-state index contributed by atoms with van der Waals surface area (Å²) in [5.41, 5.74) is 8.86.